The molecule has 0 bridgehead atoms. The molecule has 0 radical (unpaired) electrons. The van der Waals surface area contributed by atoms with Gasteiger partial charge in [-0.1, -0.05) is 30.9 Å². The van der Waals surface area contributed by atoms with E-state index in [-0.39, 0.29) is 17.2 Å². The molecule has 1 aromatic heterocycles. The largest absolute Gasteiger partial charge is 0.495 e. The molecule has 2 N–H and O–H groups in total. The van der Waals surface area contributed by atoms with Crippen LogP contribution in [0.25, 0.3) is 10.1 Å². The van der Waals surface area contributed by atoms with E-state index in [0.29, 0.717) is 17.1 Å². The predicted octanol–water partition coefficient (Wildman–Crippen LogP) is 6.31. The van der Waals surface area contributed by atoms with E-state index >= 15 is 0 Å². The molecule has 1 aliphatic carbocycles. The minimum Gasteiger partial charge on any atom is -0.495 e. The van der Waals surface area contributed by atoms with Crippen molar-refractivity contribution in [2.45, 2.75) is 68.8 Å². The summed E-state index contributed by atoms with van der Waals surface area (Å²) in [6.45, 7) is 6.79. The van der Waals surface area contributed by atoms with Crippen LogP contribution < -0.4 is 15.4 Å². The maximum atomic E-state index is 14.5. The standard InChI is InChI=1S/C34H42FN3O4S2/c1-4-25-26-7-5-8-28(37-23-10-12-24(13-11-23)38-21-34(22-38)14-17-42-18-15-34)33(26)43-31(25)9-6-16-36-29-19-27(35)32(44(3,39)40)20-30(29)41-2/h5,7-8,19-20,23-24,36-37H,4,10-18,21-22H2,1-3H3. The number of thiophene rings is 1. The lowest BCUT2D eigenvalue weighted by Gasteiger charge is -2.56. The third kappa shape index (κ3) is 6.43. The number of halogens is 1. The summed E-state index contributed by atoms with van der Waals surface area (Å²) >= 11 is 1.72. The summed E-state index contributed by atoms with van der Waals surface area (Å²) in [5.74, 6) is 5.94. The maximum Gasteiger partial charge on any atom is 0.178 e. The molecule has 0 atom stereocenters. The predicted molar refractivity (Wildman–Crippen MR) is 176 cm³/mol. The summed E-state index contributed by atoms with van der Waals surface area (Å²) in [6.07, 6.45) is 9.18. The molecule has 3 aromatic rings. The second-order valence-electron chi connectivity index (χ2n) is 12.5. The fourth-order valence-corrected chi connectivity index (χ4v) is 9.10. The first-order valence-corrected chi connectivity index (χ1v) is 18.3. The normalized spacial score (nSPS) is 21.8. The smallest absolute Gasteiger partial charge is 0.178 e. The van der Waals surface area contributed by atoms with E-state index in [4.69, 9.17) is 9.47 Å². The Morgan fingerprint density at radius 2 is 1.89 bits per heavy atom. The van der Waals surface area contributed by atoms with E-state index < -0.39 is 15.7 Å². The van der Waals surface area contributed by atoms with Crippen molar-refractivity contribution in [2.75, 3.05) is 56.8 Å². The quantitative estimate of drug-likeness (QED) is 0.280. The highest BCUT2D eigenvalue weighted by Crippen LogP contribution is 2.43. The number of rotatable bonds is 8. The van der Waals surface area contributed by atoms with Gasteiger partial charge in [-0.15, -0.1) is 11.3 Å². The van der Waals surface area contributed by atoms with Gasteiger partial charge >= 0.3 is 0 Å². The SMILES string of the molecule is CCc1c(C#CCNc2cc(F)c(S(C)(=O)=O)cc2OC)sc2c(NC3CCC(N4CC5(CCOCC5)C4)CC3)cccc12. The van der Waals surface area contributed by atoms with Crippen molar-refractivity contribution in [3.05, 3.63) is 46.6 Å². The first kappa shape index (κ1) is 31.2. The van der Waals surface area contributed by atoms with Gasteiger partial charge < -0.3 is 20.1 Å². The van der Waals surface area contributed by atoms with Crippen molar-refractivity contribution in [2.24, 2.45) is 5.41 Å². The minimum atomic E-state index is -3.71. The Bertz CT molecular complexity index is 1670. The molecule has 3 heterocycles. The van der Waals surface area contributed by atoms with E-state index in [9.17, 15) is 12.8 Å². The topological polar surface area (TPSA) is 79.9 Å². The highest BCUT2D eigenvalue weighted by molar-refractivity contribution is 7.90. The number of benzene rings is 2. The van der Waals surface area contributed by atoms with Crippen LogP contribution in [0.15, 0.2) is 35.2 Å². The summed E-state index contributed by atoms with van der Waals surface area (Å²) in [7, 11) is -2.28. The Morgan fingerprint density at radius 1 is 1.14 bits per heavy atom. The van der Waals surface area contributed by atoms with Crippen LogP contribution in [0.1, 0.15) is 55.9 Å². The number of aryl methyl sites for hydroxylation is 1. The molecule has 1 spiro atoms. The van der Waals surface area contributed by atoms with Crippen LogP contribution in [0.3, 0.4) is 0 Å². The Labute approximate surface area is 264 Å². The molecule has 44 heavy (non-hydrogen) atoms. The molecule has 3 fully saturated rings. The van der Waals surface area contributed by atoms with Crippen molar-refractivity contribution in [1.82, 2.24) is 4.90 Å². The van der Waals surface area contributed by atoms with Crippen LogP contribution in [0.2, 0.25) is 0 Å². The molecule has 1 saturated carbocycles. The number of likely N-dealkylation sites (tertiary alicyclic amines) is 1. The van der Waals surface area contributed by atoms with E-state index in [1.165, 1.54) is 86.1 Å². The zero-order valence-corrected chi connectivity index (χ0v) is 27.4. The van der Waals surface area contributed by atoms with E-state index in [0.717, 1.165) is 42.9 Å². The second kappa shape index (κ2) is 12.9. The van der Waals surface area contributed by atoms with Crippen molar-refractivity contribution in [3.63, 3.8) is 0 Å². The van der Waals surface area contributed by atoms with Crippen molar-refractivity contribution in [1.29, 1.82) is 0 Å². The van der Waals surface area contributed by atoms with Gasteiger partial charge in [0.1, 0.15) is 16.5 Å². The lowest BCUT2D eigenvalue weighted by Crippen LogP contribution is -2.62. The van der Waals surface area contributed by atoms with Crippen molar-refractivity contribution in [3.8, 4) is 17.6 Å². The number of sulfone groups is 1. The molecular formula is C34H42FN3O4S2. The molecule has 2 saturated heterocycles. The zero-order valence-electron chi connectivity index (χ0n) is 25.8. The molecular weight excluding hydrogens is 598 g/mol. The Kier molecular flexibility index (Phi) is 9.12. The average Bonchev–Trinajstić information content (AvgIpc) is 3.36. The van der Waals surface area contributed by atoms with Gasteiger partial charge in [-0.25, -0.2) is 12.8 Å². The second-order valence-corrected chi connectivity index (χ2v) is 15.5. The molecule has 0 amide bonds. The lowest BCUT2D eigenvalue weighted by molar-refractivity contribution is -0.102. The van der Waals surface area contributed by atoms with Gasteiger partial charge in [0.25, 0.3) is 0 Å². The third-order valence-corrected chi connectivity index (χ3v) is 11.9. The van der Waals surface area contributed by atoms with Crippen LogP contribution in [-0.2, 0) is 21.0 Å². The Morgan fingerprint density at radius 3 is 2.57 bits per heavy atom. The summed E-state index contributed by atoms with van der Waals surface area (Å²) in [6, 6.07) is 10.1. The minimum absolute atomic E-state index is 0.252. The fraction of sp³-hybridized carbons (Fsp3) is 0.529. The molecule has 6 rings (SSSR count). The zero-order chi connectivity index (χ0) is 30.9. The molecule has 3 aliphatic rings. The molecule has 236 valence electrons. The van der Waals surface area contributed by atoms with Crippen molar-refractivity contribution < 1.29 is 22.3 Å². The van der Waals surface area contributed by atoms with E-state index in [2.05, 4.69) is 52.5 Å². The first-order chi connectivity index (χ1) is 21.2. The number of nitrogens with zero attached hydrogens (tertiary/aromatic N) is 1. The summed E-state index contributed by atoms with van der Waals surface area (Å²) in [5, 5.41) is 8.21. The summed E-state index contributed by atoms with van der Waals surface area (Å²) < 4.78 is 50.4. The first-order valence-electron chi connectivity index (χ1n) is 15.6. The van der Waals surface area contributed by atoms with Crippen LogP contribution >= 0.6 is 11.3 Å². The molecule has 2 aromatic carbocycles. The highest BCUT2D eigenvalue weighted by Gasteiger charge is 2.46. The van der Waals surface area contributed by atoms with Gasteiger partial charge in [0.15, 0.2) is 9.84 Å². The maximum absolute atomic E-state index is 14.5. The number of hydrogen-bond acceptors (Lipinski definition) is 8. The van der Waals surface area contributed by atoms with Gasteiger partial charge in [-0.2, -0.15) is 0 Å². The van der Waals surface area contributed by atoms with Gasteiger partial charge in [-0.05, 0) is 62.0 Å². The fourth-order valence-electron chi connectivity index (χ4n) is 7.13. The monoisotopic (exact) mass is 639 g/mol. The Hall–Kier alpha value is -2.84. The number of anilines is 2. The number of methoxy groups -OCH3 is 1. The van der Waals surface area contributed by atoms with Gasteiger partial charge in [0.05, 0.1) is 34.6 Å². The van der Waals surface area contributed by atoms with Crippen LogP contribution in [0, 0.1) is 23.1 Å². The lowest BCUT2D eigenvalue weighted by atomic mass is 9.71. The molecule has 7 nitrogen and oxygen atoms in total. The van der Waals surface area contributed by atoms with Gasteiger partial charge in [-0.3, -0.25) is 4.90 Å². The molecule has 10 heteroatoms. The number of nitrogens with one attached hydrogen (secondary N) is 2. The number of ether oxygens (including phenoxy) is 2. The summed E-state index contributed by atoms with van der Waals surface area (Å²) in [5.41, 5.74) is 3.32. The molecule has 2 aliphatic heterocycles. The average molecular weight is 640 g/mol. The van der Waals surface area contributed by atoms with Gasteiger partial charge in [0, 0.05) is 62.2 Å². The number of fused-ring (bicyclic) bond motifs is 1. The van der Waals surface area contributed by atoms with Gasteiger partial charge in [0.2, 0.25) is 0 Å². The molecule has 0 unspecified atom stereocenters. The van der Waals surface area contributed by atoms with E-state index in [1.54, 1.807) is 11.3 Å². The van der Waals surface area contributed by atoms with Crippen LogP contribution in [0.4, 0.5) is 15.8 Å². The summed E-state index contributed by atoms with van der Waals surface area (Å²) in [4.78, 5) is 3.38. The third-order valence-electron chi connectivity index (χ3n) is 9.60. The highest BCUT2D eigenvalue weighted by atomic mass is 32.2. The van der Waals surface area contributed by atoms with Crippen LogP contribution in [0.5, 0.6) is 5.75 Å². The Balaban J connectivity index is 1.10. The number of hydrogen-bond donors (Lipinski definition) is 2. The van der Waals surface area contributed by atoms with Crippen LogP contribution in [-0.4, -0.2) is 71.6 Å². The van der Waals surface area contributed by atoms with Crippen molar-refractivity contribution >= 4 is 42.6 Å². The van der Waals surface area contributed by atoms with E-state index in [1.807, 2.05) is 0 Å².